The monoisotopic (exact) mass is 393 g/mol. The predicted molar refractivity (Wildman–Crippen MR) is 110 cm³/mol. The summed E-state index contributed by atoms with van der Waals surface area (Å²) in [4.78, 5) is 10.8. The zero-order chi connectivity index (χ0) is 20.5. The normalized spacial score (nSPS) is 11.5. The van der Waals surface area contributed by atoms with Crippen LogP contribution in [0, 0.1) is 0 Å². The summed E-state index contributed by atoms with van der Waals surface area (Å²) in [5, 5.41) is 8.85. The summed E-state index contributed by atoms with van der Waals surface area (Å²) in [5.41, 5.74) is 6.38. The fourth-order valence-electron chi connectivity index (χ4n) is 2.61. The van der Waals surface area contributed by atoms with E-state index in [-0.39, 0.29) is 6.42 Å². The Labute approximate surface area is 169 Å². The highest BCUT2D eigenvalue weighted by Crippen LogP contribution is 2.23. The van der Waals surface area contributed by atoms with Gasteiger partial charge < -0.3 is 25.1 Å². The first kappa shape index (κ1) is 20.2. The number of aliphatic carboxylic acids is 1. The number of nitrogens with two attached hydrogens (primary N) is 1. The number of benzene rings is 3. The van der Waals surface area contributed by atoms with E-state index in [2.05, 4.69) is 0 Å². The first-order chi connectivity index (χ1) is 14.1. The lowest BCUT2D eigenvalue weighted by Gasteiger charge is -2.10. The summed E-state index contributed by atoms with van der Waals surface area (Å²) in [5.74, 6) is 1.93. The second kappa shape index (κ2) is 10.1. The molecule has 150 valence electrons. The zero-order valence-corrected chi connectivity index (χ0v) is 15.9. The van der Waals surface area contributed by atoms with Gasteiger partial charge in [-0.15, -0.1) is 0 Å². The minimum Gasteiger partial charge on any atom is -0.490 e. The molecule has 0 bridgehead atoms. The van der Waals surface area contributed by atoms with Crippen molar-refractivity contribution in [1.29, 1.82) is 0 Å². The average Bonchev–Trinajstić information content (AvgIpc) is 2.74. The van der Waals surface area contributed by atoms with Gasteiger partial charge in [-0.05, 0) is 60.5 Å². The van der Waals surface area contributed by atoms with Crippen molar-refractivity contribution >= 4 is 5.97 Å². The number of carbonyl (C=O) groups is 1. The van der Waals surface area contributed by atoms with Gasteiger partial charge in [0, 0.05) is 0 Å². The van der Waals surface area contributed by atoms with Crippen LogP contribution in [-0.2, 0) is 11.2 Å². The van der Waals surface area contributed by atoms with E-state index >= 15 is 0 Å². The Morgan fingerprint density at radius 2 is 1.24 bits per heavy atom. The molecule has 3 aromatic carbocycles. The van der Waals surface area contributed by atoms with Crippen molar-refractivity contribution in [3.05, 3.63) is 84.4 Å². The number of carboxylic acid groups (broad SMARTS) is 1. The van der Waals surface area contributed by atoms with E-state index in [4.69, 9.17) is 25.1 Å². The fraction of sp³-hybridized carbons (Fsp3) is 0.174. The lowest BCUT2D eigenvalue weighted by atomic mass is 10.1. The number of carboxylic acids is 1. The molecule has 3 rings (SSSR count). The van der Waals surface area contributed by atoms with Crippen molar-refractivity contribution < 1.29 is 24.1 Å². The third-order valence-corrected chi connectivity index (χ3v) is 4.12. The molecule has 0 aromatic heterocycles. The van der Waals surface area contributed by atoms with E-state index in [9.17, 15) is 4.79 Å². The molecule has 3 N–H and O–H groups in total. The van der Waals surface area contributed by atoms with E-state index in [0.717, 1.165) is 22.8 Å². The van der Waals surface area contributed by atoms with Crippen LogP contribution in [-0.4, -0.2) is 30.3 Å². The van der Waals surface area contributed by atoms with Gasteiger partial charge in [-0.2, -0.15) is 0 Å². The number of para-hydroxylation sites is 1. The van der Waals surface area contributed by atoms with E-state index in [1.54, 1.807) is 12.1 Å². The van der Waals surface area contributed by atoms with Crippen LogP contribution in [0.3, 0.4) is 0 Å². The average molecular weight is 393 g/mol. The quantitative estimate of drug-likeness (QED) is 0.508. The molecule has 29 heavy (non-hydrogen) atoms. The highest BCUT2D eigenvalue weighted by Gasteiger charge is 2.11. The maximum absolute atomic E-state index is 10.8. The summed E-state index contributed by atoms with van der Waals surface area (Å²) < 4.78 is 17.1. The van der Waals surface area contributed by atoms with Gasteiger partial charge in [0.1, 0.15) is 42.3 Å². The molecule has 0 aliphatic rings. The molecule has 0 spiro atoms. The molecular formula is C23H23NO5. The van der Waals surface area contributed by atoms with Gasteiger partial charge in [0.05, 0.1) is 0 Å². The summed E-state index contributed by atoms with van der Waals surface area (Å²) in [6, 6.07) is 23.3. The summed E-state index contributed by atoms with van der Waals surface area (Å²) in [6.07, 6.45) is 0.280. The van der Waals surface area contributed by atoms with Gasteiger partial charge in [0.15, 0.2) is 0 Å². The molecule has 6 heteroatoms. The molecule has 3 aromatic rings. The molecule has 0 heterocycles. The van der Waals surface area contributed by atoms with Crippen LogP contribution in [0.2, 0.25) is 0 Å². The molecule has 1 unspecified atom stereocenters. The zero-order valence-electron chi connectivity index (χ0n) is 15.9. The van der Waals surface area contributed by atoms with Crippen LogP contribution in [0.4, 0.5) is 0 Å². The van der Waals surface area contributed by atoms with Gasteiger partial charge in [0.2, 0.25) is 0 Å². The number of ether oxygens (including phenoxy) is 3. The summed E-state index contributed by atoms with van der Waals surface area (Å²) in [6.45, 7) is 0.779. The topological polar surface area (TPSA) is 91.0 Å². The van der Waals surface area contributed by atoms with E-state index in [1.807, 2.05) is 66.7 Å². The van der Waals surface area contributed by atoms with Gasteiger partial charge >= 0.3 is 5.97 Å². The predicted octanol–water partition coefficient (Wildman–Crippen LogP) is 3.89. The van der Waals surface area contributed by atoms with Crippen molar-refractivity contribution in [1.82, 2.24) is 0 Å². The molecule has 0 aliphatic carbocycles. The second-order valence-electron chi connectivity index (χ2n) is 6.38. The van der Waals surface area contributed by atoms with Crippen LogP contribution >= 0.6 is 0 Å². The Morgan fingerprint density at radius 1 is 0.759 bits per heavy atom. The molecule has 0 saturated heterocycles. The van der Waals surface area contributed by atoms with Gasteiger partial charge in [-0.1, -0.05) is 30.3 Å². The van der Waals surface area contributed by atoms with Crippen molar-refractivity contribution in [2.75, 3.05) is 13.2 Å². The highest BCUT2D eigenvalue weighted by atomic mass is 16.5. The first-order valence-corrected chi connectivity index (χ1v) is 9.26. The molecular weight excluding hydrogens is 370 g/mol. The van der Waals surface area contributed by atoms with E-state index in [0.29, 0.717) is 19.0 Å². The molecule has 0 radical (unpaired) electrons. The van der Waals surface area contributed by atoms with Crippen molar-refractivity contribution in [2.45, 2.75) is 12.5 Å². The van der Waals surface area contributed by atoms with Crippen LogP contribution in [0.15, 0.2) is 78.9 Å². The number of hydrogen-bond donors (Lipinski definition) is 2. The summed E-state index contributed by atoms with van der Waals surface area (Å²) in [7, 11) is 0. The van der Waals surface area contributed by atoms with Crippen LogP contribution in [0.1, 0.15) is 5.56 Å². The first-order valence-electron chi connectivity index (χ1n) is 9.26. The Balaban J connectivity index is 1.39. The molecule has 6 nitrogen and oxygen atoms in total. The Bertz CT molecular complexity index is 895. The largest absolute Gasteiger partial charge is 0.490 e. The van der Waals surface area contributed by atoms with Crippen LogP contribution in [0.25, 0.3) is 0 Å². The Morgan fingerprint density at radius 3 is 1.79 bits per heavy atom. The van der Waals surface area contributed by atoms with Crippen molar-refractivity contribution in [3.8, 4) is 23.0 Å². The van der Waals surface area contributed by atoms with E-state index < -0.39 is 12.0 Å². The fourth-order valence-corrected chi connectivity index (χ4v) is 2.61. The SMILES string of the molecule is NC(Cc1ccc(OCCOc2ccc(Oc3ccccc3)cc2)cc1)C(=O)O. The molecule has 0 amide bonds. The standard InChI is InChI=1S/C23H23NO5/c24-22(23(25)26)16-17-6-8-18(9-7-17)27-14-15-28-19-10-12-21(13-11-19)29-20-4-2-1-3-5-20/h1-13,22H,14-16,24H2,(H,25,26). The smallest absolute Gasteiger partial charge is 0.320 e. The molecule has 1 atom stereocenters. The van der Waals surface area contributed by atoms with Crippen molar-refractivity contribution in [3.63, 3.8) is 0 Å². The maximum Gasteiger partial charge on any atom is 0.320 e. The van der Waals surface area contributed by atoms with Crippen molar-refractivity contribution in [2.24, 2.45) is 5.73 Å². The Kier molecular flexibility index (Phi) is 7.08. The highest BCUT2D eigenvalue weighted by molar-refractivity contribution is 5.73. The third kappa shape index (κ3) is 6.55. The maximum atomic E-state index is 10.8. The minimum absolute atomic E-state index is 0.280. The lowest BCUT2D eigenvalue weighted by molar-refractivity contribution is -0.138. The number of rotatable bonds is 10. The molecule has 0 aliphatic heterocycles. The summed E-state index contributed by atoms with van der Waals surface area (Å²) >= 11 is 0. The van der Waals surface area contributed by atoms with Crippen LogP contribution in [0.5, 0.6) is 23.0 Å². The van der Waals surface area contributed by atoms with Gasteiger partial charge in [-0.25, -0.2) is 0 Å². The lowest BCUT2D eigenvalue weighted by Crippen LogP contribution is -2.32. The van der Waals surface area contributed by atoms with Gasteiger partial charge in [0.25, 0.3) is 0 Å². The van der Waals surface area contributed by atoms with Gasteiger partial charge in [-0.3, -0.25) is 4.79 Å². The number of hydrogen-bond acceptors (Lipinski definition) is 5. The molecule has 0 fully saturated rings. The Hall–Kier alpha value is -3.51. The second-order valence-corrected chi connectivity index (χ2v) is 6.38. The molecule has 0 saturated carbocycles. The minimum atomic E-state index is -1.01. The third-order valence-electron chi connectivity index (χ3n) is 4.12. The van der Waals surface area contributed by atoms with E-state index in [1.165, 1.54) is 0 Å². The van der Waals surface area contributed by atoms with Crippen LogP contribution < -0.4 is 19.9 Å².